The number of anilines is 2. The predicted octanol–water partition coefficient (Wildman–Crippen LogP) is 3.07. The van der Waals surface area contributed by atoms with Gasteiger partial charge in [-0.15, -0.1) is 0 Å². The maximum Gasteiger partial charge on any atom is 0.323 e. The zero-order chi connectivity index (χ0) is 21.0. The third-order valence-electron chi connectivity index (χ3n) is 4.37. The van der Waals surface area contributed by atoms with Gasteiger partial charge in [-0.1, -0.05) is 13.0 Å². The van der Waals surface area contributed by atoms with E-state index in [-0.39, 0.29) is 47.7 Å². The van der Waals surface area contributed by atoms with E-state index >= 15 is 0 Å². The number of benzene rings is 2. The molecule has 1 heterocycles. The second-order valence-corrected chi connectivity index (χ2v) is 6.78. The Bertz CT molecular complexity index is 923. The van der Waals surface area contributed by atoms with E-state index in [0.29, 0.717) is 13.2 Å². The van der Waals surface area contributed by atoms with Gasteiger partial charge in [-0.05, 0) is 24.3 Å². The molecular formula is C20H21F2N3O4. The predicted molar refractivity (Wildman–Crippen MR) is 103 cm³/mol. The molecular weight excluding hydrogens is 384 g/mol. The monoisotopic (exact) mass is 405 g/mol. The van der Waals surface area contributed by atoms with E-state index in [1.807, 2.05) is 6.92 Å². The lowest BCUT2D eigenvalue weighted by atomic mass is 10.1. The van der Waals surface area contributed by atoms with Crippen LogP contribution in [0.15, 0.2) is 36.4 Å². The summed E-state index contributed by atoms with van der Waals surface area (Å²) in [5.74, 6) is -1.63. The number of urea groups is 1. The van der Waals surface area contributed by atoms with Gasteiger partial charge in [0.1, 0.15) is 11.6 Å². The highest BCUT2D eigenvalue weighted by Gasteiger charge is 2.27. The third kappa shape index (κ3) is 4.80. The van der Waals surface area contributed by atoms with Crippen LogP contribution in [0.25, 0.3) is 0 Å². The molecule has 2 aromatic rings. The first-order valence-electron chi connectivity index (χ1n) is 9.08. The summed E-state index contributed by atoms with van der Waals surface area (Å²) in [5, 5.41) is 14.0. The lowest BCUT2D eigenvalue weighted by Gasteiger charge is -2.30. The largest absolute Gasteiger partial charge is 0.490 e. The molecule has 2 aromatic carbocycles. The molecule has 1 aliphatic rings. The number of para-hydroxylation sites is 1. The summed E-state index contributed by atoms with van der Waals surface area (Å²) in [5.41, 5.74) is 0.129. The minimum absolute atomic E-state index is 0.00178. The molecule has 1 unspecified atom stereocenters. The zero-order valence-electron chi connectivity index (χ0n) is 15.7. The maximum absolute atomic E-state index is 13.7. The molecule has 9 heteroatoms. The van der Waals surface area contributed by atoms with Gasteiger partial charge in [0, 0.05) is 25.1 Å². The number of carbonyl (C=O) groups is 2. The van der Waals surface area contributed by atoms with Crippen LogP contribution in [0, 0.1) is 17.6 Å². The van der Waals surface area contributed by atoms with E-state index < -0.39 is 17.7 Å². The summed E-state index contributed by atoms with van der Waals surface area (Å²) in [6, 6.07) is 6.56. The Morgan fingerprint density at radius 1 is 1.24 bits per heavy atom. The molecule has 0 aliphatic carbocycles. The number of aliphatic hydroxyl groups excluding tert-OH is 1. The number of aliphatic hydroxyl groups is 1. The van der Waals surface area contributed by atoms with Gasteiger partial charge in [0.05, 0.1) is 30.2 Å². The van der Waals surface area contributed by atoms with E-state index in [2.05, 4.69) is 10.6 Å². The number of hydrogen-bond acceptors (Lipinski definition) is 4. The SMILES string of the molecule is CC1COc2c(NC(=O)Nc3cc(F)ccc3F)cccc2C(=O)N(CCO)C1. The van der Waals surface area contributed by atoms with Crippen LogP contribution in [0.2, 0.25) is 0 Å². The topological polar surface area (TPSA) is 90.9 Å². The van der Waals surface area contributed by atoms with Crippen molar-refractivity contribution in [2.45, 2.75) is 6.92 Å². The lowest BCUT2D eigenvalue weighted by molar-refractivity contribution is 0.0645. The van der Waals surface area contributed by atoms with E-state index in [1.165, 1.54) is 11.0 Å². The van der Waals surface area contributed by atoms with E-state index in [1.54, 1.807) is 12.1 Å². The van der Waals surface area contributed by atoms with Gasteiger partial charge in [-0.3, -0.25) is 4.79 Å². The Labute approximate surface area is 166 Å². The number of hydrogen-bond donors (Lipinski definition) is 3. The number of fused-ring (bicyclic) bond motifs is 1. The Morgan fingerprint density at radius 2 is 2.00 bits per heavy atom. The van der Waals surface area contributed by atoms with Crippen LogP contribution in [0.5, 0.6) is 5.75 Å². The average Bonchev–Trinajstić information content (AvgIpc) is 2.68. The first-order chi connectivity index (χ1) is 13.9. The number of halogens is 2. The maximum atomic E-state index is 13.7. The summed E-state index contributed by atoms with van der Waals surface area (Å²) in [7, 11) is 0. The van der Waals surface area contributed by atoms with Crippen molar-refractivity contribution in [2.75, 3.05) is 36.9 Å². The second-order valence-electron chi connectivity index (χ2n) is 6.78. The minimum atomic E-state index is -0.818. The fourth-order valence-corrected chi connectivity index (χ4v) is 3.05. The van der Waals surface area contributed by atoms with Gasteiger partial charge in [0.15, 0.2) is 5.75 Å². The Hall–Kier alpha value is -3.20. The molecule has 1 aliphatic heterocycles. The quantitative estimate of drug-likeness (QED) is 0.729. The fourth-order valence-electron chi connectivity index (χ4n) is 3.05. The van der Waals surface area contributed by atoms with Crippen molar-refractivity contribution in [2.24, 2.45) is 5.92 Å². The molecule has 0 saturated carbocycles. The lowest BCUT2D eigenvalue weighted by Crippen LogP contribution is -2.40. The average molecular weight is 405 g/mol. The smallest absolute Gasteiger partial charge is 0.323 e. The van der Waals surface area contributed by atoms with Crippen LogP contribution in [0.1, 0.15) is 17.3 Å². The summed E-state index contributed by atoms with van der Waals surface area (Å²) in [4.78, 5) is 26.7. The van der Waals surface area contributed by atoms with Crippen molar-refractivity contribution in [3.8, 4) is 5.75 Å². The highest BCUT2D eigenvalue weighted by Crippen LogP contribution is 2.32. The number of nitrogens with zero attached hydrogens (tertiary/aromatic N) is 1. The molecule has 154 valence electrons. The molecule has 1 atom stereocenters. The highest BCUT2D eigenvalue weighted by molar-refractivity contribution is 6.04. The van der Waals surface area contributed by atoms with E-state index in [4.69, 9.17) is 4.74 Å². The van der Waals surface area contributed by atoms with E-state index in [0.717, 1.165) is 18.2 Å². The van der Waals surface area contributed by atoms with Crippen molar-refractivity contribution < 1.29 is 28.2 Å². The number of β-amino-alcohol motifs (C(OH)–C–C–N with tert-alkyl or cyclic N) is 1. The van der Waals surface area contributed by atoms with Crippen LogP contribution in [0.3, 0.4) is 0 Å². The van der Waals surface area contributed by atoms with Crippen molar-refractivity contribution in [1.82, 2.24) is 4.90 Å². The molecule has 7 nitrogen and oxygen atoms in total. The minimum Gasteiger partial charge on any atom is -0.490 e. The van der Waals surface area contributed by atoms with Crippen LogP contribution in [-0.4, -0.2) is 48.2 Å². The highest BCUT2D eigenvalue weighted by atomic mass is 19.1. The van der Waals surface area contributed by atoms with Crippen molar-refractivity contribution >= 4 is 23.3 Å². The second kappa shape index (κ2) is 8.87. The van der Waals surface area contributed by atoms with Crippen molar-refractivity contribution in [1.29, 1.82) is 0 Å². The van der Waals surface area contributed by atoms with E-state index in [9.17, 15) is 23.5 Å². The van der Waals surface area contributed by atoms with Crippen LogP contribution in [0.4, 0.5) is 25.0 Å². The standard InChI is InChI=1S/C20H21F2N3O4/c1-12-10-25(7-8-26)19(27)14-3-2-4-16(18(14)29-11-12)23-20(28)24-17-9-13(21)5-6-15(17)22/h2-6,9,12,26H,7-8,10-11H2,1H3,(H2,23,24,28). The molecule has 0 aromatic heterocycles. The molecule has 0 saturated heterocycles. The summed E-state index contributed by atoms with van der Waals surface area (Å²) < 4.78 is 32.8. The molecule has 29 heavy (non-hydrogen) atoms. The number of carbonyl (C=O) groups excluding carboxylic acids is 2. The fraction of sp³-hybridized carbons (Fsp3) is 0.300. The first kappa shape index (κ1) is 20.5. The van der Waals surface area contributed by atoms with Crippen molar-refractivity contribution in [3.63, 3.8) is 0 Å². The van der Waals surface area contributed by atoms with Crippen LogP contribution in [-0.2, 0) is 0 Å². The number of rotatable bonds is 4. The van der Waals surface area contributed by atoms with Crippen molar-refractivity contribution in [3.05, 3.63) is 53.6 Å². The third-order valence-corrected chi connectivity index (χ3v) is 4.37. The number of nitrogens with one attached hydrogen (secondary N) is 2. The number of ether oxygens (including phenoxy) is 1. The normalized spacial score (nSPS) is 16.3. The molecule has 0 spiro atoms. The van der Waals surface area contributed by atoms with Gasteiger partial charge in [0.2, 0.25) is 0 Å². The Kier molecular flexibility index (Phi) is 6.28. The van der Waals surface area contributed by atoms with Gasteiger partial charge in [-0.25, -0.2) is 13.6 Å². The molecule has 3 amide bonds. The summed E-state index contributed by atoms with van der Waals surface area (Å²) >= 11 is 0. The van der Waals surface area contributed by atoms with Crippen LogP contribution >= 0.6 is 0 Å². The molecule has 0 radical (unpaired) electrons. The molecule has 0 fully saturated rings. The van der Waals surface area contributed by atoms with Gasteiger partial charge in [0.25, 0.3) is 5.91 Å². The number of amides is 3. The molecule has 0 bridgehead atoms. The van der Waals surface area contributed by atoms with Gasteiger partial charge in [-0.2, -0.15) is 0 Å². The molecule has 3 rings (SSSR count). The zero-order valence-corrected chi connectivity index (χ0v) is 15.7. The summed E-state index contributed by atoms with van der Waals surface area (Å²) in [6.07, 6.45) is 0. The Morgan fingerprint density at radius 3 is 2.76 bits per heavy atom. The Balaban J connectivity index is 1.86. The van der Waals surface area contributed by atoms with Gasteiger partial charge < -0.3 is 25.4 Å². The summed E-state index contributed by atoms with van der Waals surface area (Å²) in [6.45, 7) is 2.63. The van der Waals surface area contributed by atoms with Gasteiger partial charge >= 0.3 is 6.03 Å². The first-order valence-corrected chi connectivity index (χ1v) is 9.08. The van der Waals surface area contributed by atoms with Crippen LogP contribution < -0.4 is 15.4 Å². The molecule has 3 N–H and O–H groups in total.